The number of allylic oxidation sites excluding steroid dienone is 4. The molecule has 2 aromatic carbocycles. The van der Waals surface area contributed by atoms with Crippen LogP contribution < -0.4 is 0 Å². The minimum absolute atomic E-state index is 0.528. The highest BCUT2D eigenvalue weighted by Crippen LogP contribution is 2.40. The van der Waals surface area contributed by atoms with E-state index in [-0.39, 0.29) is 0 Å². The van der Waals surface area contributed by atoms with Crippen molar-refractivity contribution < 1.29 is 5.11 Å². The Kier molecular flexibility index (Phi) is 4.97. The molecule has 0 heterocycles. The molecule has 0 atom stereocenters. The average molecular weight is 304 g/mol. The predicted molar refractivity (Wildman–Crippen MR) is 98.1 cm³/mol. The second-order valence-corrected chi connectivity index (χ2v) is 6.09. The minimum atomic E-state index is 0.528. The van der Waals surface area contributed by atoms with E-state index in [1.165, 1.54) is 16.7 Å². The summed E-state index contributed by atoms with van der Waals surface area (Å²) in [5.41, 5.74) is 6.01. The van der Waals surface area contributed by atoms with Gasteiger partial charge < -0.3 is 5.11 Å². The van der Waals surface area contributed by atoms with Crippen molar-refractivity contribution in [3.63, 3.8) is 0 Å². The van der Waals surface area contributed by atoms with Crippen LogP contribution in [0.2, 0.25) is 0 Å². The number of benzene rings is 2. The van der Waals surface area contributed by atoms with Crippen LogP contribution in [-0.2, 0) is 0 Å². The average Bonchev–Trinajstić information content (AvgIpc) is 2.60. The first-order chi connectivity index (χ1) is 11.3. The SMILES string of the molecule is CC/C1=C(c2ccccc2)\C(c2ccccc2)=C(/O)CCCC1. The molecule has 1 aliphatic rings. The van der Waals surface area contributed by atoms with Crippen molar-refractivity contribution in [3.8, 4) is 0 Å². The quantitative estimate of drug-likeness (QED) is 0.696. The van der Waals surface area contributed by atoms with Gasteiger partial charge in [-0.1, -0.05) is 73.2 Å². The maximum Gasteiger partial charge on any atom is 0.101 e. The minimum Gasteiger partial charge on any atom is -0.512 e. The van der Waals surface area contributed by atoms with Gasteiger partial charge in [0.25, 0.3) is 0 Å². The zero-order valence-electron chi connectivity index (χ0n) is 13.8. The molecule has 1 N–H and O–H groups in total. The summed E-state index contributed by atoms with van der Waals surface area (Å²) in [7, 11) is 0. The molecular formula is C22H24O. The smallest absolute Gasteiger partial charge is 0.101 e. The Hall–Kier alpha value is -2.28. The second-order valence-electron chi connectivity index (χ2n) is 6.09. The predicted octanol–water partition coefficient (Wildman–Crippen LogP) is 6.39. The van der Waals surface area contributed by atoms with Gasteiger partial charge >= 0.3 is 0 Å². The lowest BCUT2D eigenvalue weighted by Gasteiger charge is -2.22. The summed E-state index contributed by atoms with van der Waals surface area (Å²) in [5.74, 6) is 0.528. The topological polar surface area (TPSA) is 20.2 Å². The van der Waals surface area contributed by atoms with Gasteiger partial charge in [0.2, 0.25) is 0 Å². The van der Waals surface area contributed by atoms with Crippen LogP contribution in [0.15, 0.2) is 72.0 Å². The molecule has 2 aromatic rings. The van der Waals surface area contributed by atoms with Crippen LogP contribution in [0.5, 0.6) is 0 Å². The molecule has 0 fully saturated rings. The Morgan fingerprint density at radius 3 is 1.83 bits per heavy atom. The highest BCUT2D eigenvalue weighted by Gasteiger charge is 2.20. The Balaban J connectivity index is 2.26. The van der Waals surface area contributed by atoms with Gasteiger partial charge in [0.1, 0.15) is 5.76 Å². The van der Waals surface area contributed by atoms with Gasteiger partial charge in [-0.15, -0.1) is 0 Å². The highest BCUT2D eigenvalue weighted by atomic mass is 16.3. The van der Waals surface area contributed by atoms with Gasteiger partial charge in [-0.05, 0) is 42.4 Å². The first kappa shape index (κ1) is 15.6. The Morgan fingerprint density at radius 1 is 0.739 bits per heavy atom. The Bertz CT molecular complexity index is 708. The third kappa shape index (κ3) is 3.39. The normalized spacial score (nSPS) is 22.5. The van der Waals surface area contributed by atoms with Crippen molar-refractivity contribution in [1.82, 2.24) is 0 Å². The molecule has 0 saturated heterocycles. The van der Waals surface area contributed by atoms with Gasteiger partial charge in [-0.25, -0.2) is 0 Å². The standard InChI is InChI=1S/C22H24O/c1-2-17-11-9-10-16-20(23)22(19-14-7-4-8-15-19)21(17)18-12-5-3-6-13-18/h3-8,12-15,23H,2,9-11,16H2,1H3/b21-17+,22-20-. The lowest BCUT2D eigenvalue weighted by molar-refractivity contribution is 0.384. The summed E-state index contributed by atoms with van der Waals surface area (Å²) in [6, 6.07) is 20.8. The van der Waals surface area contributed by atoms with Crippen molar-refractivity contribution in [2.24, 2.45) is 0 Å². The largest absolute Gasteiger partial charge is 0.512 e. The van der Waals surface area contributed by atoms with E-state index in [4.69, 9.17) is 0 Å². The van der Waals surface area contributed by atoms with Crippen LogP contribution in [0.3, 0.4) is 0 Å². The second kappa shape index (κ2) is 7.32. The molecule has 0 unspecified atom stereocenters. The van der Waals surface area contributed by atoms with E-state index >= 15 is 0 Å². The summed E-state index contributed by atoms with van der Waals surface area (Å²) in [6.45, 7) is 2.22. The molecule has 0 amide bonds. The number of aliphatic hydroxyl groups excluding tert-OH is 1. The van der Waals surface area contributed by atoms with E-state index < -0.39 is 0 Å². The maximum atomic E-state index is 10.8. The number of aliphatic hydroxyl groups is 1. The van der Waals surface area contributed by atoms with E-state index in [1.54, 1.807) is 0 Å². The zero-order chi connectivity index (χ0) is 16.1. The van der Waals surface area contributed by atoms with E-state index in [0.29, 0.717) is 5.76 Å². The molecular weight excluding hydrogens is 280 g/mol. The van der Waals surface area contributed by atoms with Crippen LogP contribution in [0.4, 0.5) is 0 Å². The van der Waals surface area contributed by atoms with E-state index in [9.17, 15) is 5.11 Å². The first-order valence-corrected chi connectivity index (χ1v) is 8.56. The van der Waals surface area contributed by atoms with E-state index in [2.05, 4.69) is 43.3 Å². The summed E-state index contributed by atoms with van der Waals surface area (Å²) in [4.78, 5) is 0. The fourth-order valence-corrected chi connectivity index (χ4v) is 3.42. The molecule has 0 saturated carbocycles. The van der Waals surface area contributed by atoms with E-state index in [0.717, 1.165) is 43.2 Å². The molecule has 118 valence electrons. The van der Waals surface area contributed by atoms with Gasteiger partial charge in [0.05, 0.1) is 0 Å². The van der Waals surface area contributed by atoms with Gasteiger partial charge in [-0.2, -0.15) is 0 Å². The highest BCUT2D eigenvalue weighted by molar-refractivity contribution is 6.06. The molecule has 1 aliphatic carbocycles. The molecule has 23 heavy (non-hydrogen) atoms. The van der Waals surface area contributed by atoms with Crippen molar-refractivity contribution in [2.75, 3.05) is 0 Å². The number of hydrogen-bond acceptors (Lipinski definition) is 1. The van der Waals surface area contributed by atoms with E-state index in [1.807, 2.05) is 24.3 Å². The van der Waals surface area contributed by atoms with Crippen LogP contribution in [0.25, 0.3) is 11.1 Å². The van der Waals surface area contributed by atoms with Crippen LogP contribution >= 0.6 is 0 Å². The maximum absolute atomic E-state index is 10.8. The van der Waals surface area contributed by atoms with Crippen LogP contribution in [-0.4, -0.2) is 5.11 Å². The molecule has 0 bridgehead atoms. The van der Waals surface area contributed by atoms with Crippen molar-refractivity contribution in [2.45, 2.75) is 39.0 Å². The molecule has 3 rings (SSSR count). The molecule has 1 heteroatoms. The summed E-state index contributed by atoms with van der Waals surface area (Å²) < 4.78 is 0. The van der Waals surface area contributed by atoms with Crippen molar-refractivity contribution in [3.05, 3.63) is 83.1 Å². The molecule has 0 aliphatic heterocycles. The first-order valence-electron chi connectivity index (χ1n) is 8.56. The molecule has 0 spiro atoms. The van der Waals surface area contributed by atoms with Crippen molar-refractivity contribution in [1.29, 1.82) is 0 Å². The number of hydrogen-bond donors (Lipinski definition) is 1. The Labute approximate surface area is 139 Å². The summed E-state index contributed by atoms with van der Waals surface area (Å²) in [5, 5.41) is 10.8. The number of rotatable bonds is 3. The molecule has 1 nitrogen and oxygen atoms in total. The van der Waals surface area contributed by atoms with Gasteiger partial charge in [0.15, 0.2) is 0 Å². The van der Waals surface area contributed by atoms with Gasteiger partial charge in [-0.3, -0.25) is 0 Å². The van der Waals surface area contributed by atoms with Crippen molar-refractivity contribution >= 4 is 11.1 Å². The lowest BCUT2D eigenvalue weighted by atomic mass is 9.83. The van der Waals surface area contributed by atoms with Gasteiger partial charge in [0, 0.05) is 12.0 Å². The van der Waals surface area contributed by atoms with Crippen LogP contribution in [0, 0.1) is 0 Å². The summed E-state index contributed by atoms with van der Waals surface area (Å²) >= 11 is 0. The summed E-state index contributed by atoms with van der Waals surface area (Å²) in [6.07, 6.45) is 5.09. The molecule has 0 aromatic heterocycles. The monoisotopic (exact) mass is 304 g/mol. The van der Waals surface area contributed by atoms with Crippen LogP contribution in [0.1, 0.15) is 50.2 Å². The molecule has 0 radical (unpaired) electrons. The lowest BCUT2D eigenvalue weighted by Crippen LogP contribution is -2.03. The fraction of sp³-hybridized carbons (Fsp3) is 0.273. The third-order valence-corrected chi connectivity index (χ3v) is 4.59. The third-order valence-electron chi connectivity index (χ3n) is 4.59. The zero-order valence-corrected chi connectivity index (χ0v) is 13.8. The fourth-order valence-electron chi connectivity index (χ4n) is 3.42. The Morgan fingerprint density at radius 2 is 1.26 bits per heavy atom.